The molecule has 134 valence electrons. The Labute approximate surface area is 152 Å². The molecule has 0 spiro atoms. The number of carbonyl (C=O) groups is 2. The van der Waals surface area contributed by atoms with Gasteiger partial charge in [-0.05, 0) is 67.7 Å². The van der Waals surface area contributed by atoms with Crippen molar-refractivity contribution in [1.82, 2.24) is 10.2 Å². The molecular weight excluding hydrogens is 372 g/mol. The summed E-state index contributed by atoms with van der Waals surface area (Å²) in [4.78, 5) is 25.9. The molecule has 0 aliphatic heterocycles. The Morgan fingerprint density at radius 1 is 1.29 bits per heavy atom. The predicted octanol–water partition coefficient (Wildman–Crippen LogP) is 3.15. The third-order valence-corrected chi connectivity index (χ3v) is 4.05. The van der Waals surface area contributed by atoms with Gasteiger partial charge in [0.15, 0.2) is 0 Å². The summed E-state index contributed by atoms with van der Waals surface area (Å²) < 4.78 is 6.07. The predicted molar refractivity (Wildman–Crippen MR) is 99.2 cm³/mol. The minimum absolute atomic E-state index is 0.0199. The summed E-state index contributed by atoms with van der Waals surface area (Å²) in [5, 5.41) is 2.88. The molecule has 24 heavy (non-hydrogen) atoms. The van der Waals surface area contributed by atoms with Crippen LogP contribution in [0.5, 0.6) is 5.75 Å². The molecule has 0 fully saturated rings. The summed E-state index contributed by atoms with van der Waals surface area (Å²) in [7, 11) is 1.62. The quantitative estimate of drug-likeness (QED) is 0.767. The number of halogens is 1. The lowest BCUT2D eigenvalue weighted by Gasteiger charge is -2.25. The second-order valence-corrected chi connectivity index (χ2v) is 7.53. The highest BCUT2D eigenvalue weighted by molar-refractivity contribution is 9.10. The number of methoxy groups -OCH3 is 1. The number of hydrogen-bond acceptors (Lipinski definition) is 3. The zero-order valence-corrected chi connectivity index (χ0v) is 16.7. The molecular formula is C18H27BrN2O3. The van der Waals surface area contributed by atoms with E-state index in [1.54, 1.807) is 12.0 Å². The number of carbonyl (C=O) groups excluding carboxylic acids is 2. The average Bonchev–Trinajstić information content (AvgIpc) is 2.48. The van der Waals surface area contributed by atoms with Crippen molar-refractivity contribution in [2.75, 3.05) is 20.2 Å². The van der Waals surface area contributed by atoms with Crippen molar-refractivity contribution in [2.24, 2.45) is 0 Å². The first-order chi connectivity index (χ1) is 11.2. The Morgan fingerprint density at radius 3 is 2.46 bits per heavy atom. The van der Waals surface area contributed by atoms with Crippen molar-refractivity contribution in [1.29, 1.82) is 0 Å². The Bertz CT molecular complexity index is 582. The van der Waals surface area contributed by atoms with Gasteiger partial charge in [0.1, 0.15) is 5.75 Å². The van der Waals surface area contributed by atoms with E-state index >= 15 is 0 Å². The first-order valence-electron chi connectivity index (χ1n) is 8.07. The van der Waals surface area contributed by atoms with Gasteiger partial charge in [-0.2, -0.15) is 0 Å². The van der Waals surface area contributed by atoms with Crippen LogP contribution in [0, 0.1) is 0 Å². The molecule has 1 aromatic carbocycles. The second kappa shape index (κ2) is 9.06. The summed E-state index contributed by atoms with van der Waals surface area (Å²) in [5.74, 6) is 0.609. The fourth-order valence-corrected chi connectivity index (χ4v) is 2.87. The normalized spacial score (nSPS) is 11.1. The van der Waals surface area contributed by atoms with E-state index in [0.717, 1.165) is 15.8 Å². The van der Waals surface area contributed by atoms with Crippen LogP contribution in [0.15, 0.2) is 22.7 Å². The highest BCUT2D eigenvalue weighted by Gasteiger charge is 2.19. The molecule has 5 nitrogen and oxygen atoms in total. The third-order valence-electron chi connectivity index (χ3n) is 3.43. The summed E-state index contributed by atoms with van der Waals surface area (Å²) in [6.07, 6.45) is 0.994. The van der Waals surface area contributed by atoms with Crippen LogP contribution < -0.4 is 10.1 Å². The standard InChI is InChI=1S/C18H27BrN2O3/c1-6-21(12-16(22)20-18(2,3)4)17(23)10-8-13-7-9-15(24-5)14(19)11-13/h7,9,11H,6,8,10,12H2,1-5H3,(H,20,22). The van der Waals surface area contributed by atoms with E-state index in [1.165, 1.54) is 0 Å². The maximum Gasteiger partial charge on any atom is 0.240 e. The van der Waals surface area contributed by atoms with Gasteiger partial charge in [-0.15, -0.1) is 0 Å². The topological polar surface area (TPSA) is 58.6 Å². The Balaban J connectivity index is 2.58. The lowest BCUT2D eigenvalue weighted by atomic mass is 10.1. The van der Waals surface area contributed by atoms with Crippen molar-refractivity contribution in [3.63, 3.8) is 0 Å². The monoisotopic (exact) mass is 398 g/mol. The number of rotatable bonds is 7. The van der Waals surface area contributed by atoms with Crippen LogP contribution in [0.4, 0.5) is 0 Å². The van der Waals surface area contributed by atoms with Gasteiger partial charge in [-0.25, -0.2) is 0 Å². The number of ether oxygens (including phenoxy) is 1. The van der Waals surface area contributed by atoms with Crippen molar-refractivity contribution >= 4 is 27.7 Å². The molecule has 1 rings (SSSR count). The molecule has 0 atom stereocenters. The highest BCUT2D eigenvalue weighted by Crippen LogP contribution is 2.26. The summed E-state index contributed by atoms with van der Waals surface area (Å²) in [6, 6.07) is 5.77. The van der Waals surface area contributed by atoms with Crippen LogP contribution in [-0.4, -0.2) is 42.5 Å². The number of amides is 2. The van der Waals surface area contributed by atoms with Gasteiger partial charge < -0.3 is 15.0 Å². The van der Waals surface area contributed by atoms with Crippen LogP contribution in [-0.2, 0) is 16.0 Å². The zero-order chi connectivity index (χ0) is 18.3. The van der Waals surface area contributed by atoms with E-state index in [2.05, 4.69) is 21.2 Å². The van der Waals surface area contributed by atoms with Crippen molar-refractivity contribution in [3.05, 3.63) is 28.2 Å². The van der Waals surface area contributed by atoms with Gasteiger partial charge in [-0.1, -0.05) is 6.07 Å². The van der Waals surface area contributed by atoms with Gasteiger partial charge in [0, 0.05) is 18.5 Å². The fraction of sp³-hybridized carbons (Fsp3) is 0.556. The van der Waals surface area contributed by atoms with Gasteiger partial charge >= 0.3 is 0 Å². The second-order valence-electron chi connectivity index (χ2n) is 6.67. The maximum absolute atomic E-state index is 12.4. The smallest absolute Gasteiger partial charge is 0.240 e. The van der Waals surface area contributed by atoms with Gasteiger partial charge in [-0.3, -0.25) is 9.59 Å². The maximum atomic E-state index is 12.4. The molecule has 1 aromatic rings. The molecule has 0 aliphatic rings. The molecule has 2 amide bonds. The summed E-state index contributed by atoms with van der Waals surface area (Å²) in [5.41, 5.74) is 0.751. The number of benzene rings is 1. The highest BCUT2D eigenvalue weighted by atomic mass is 79.9. The molecule has 1 N–H and O–H groups in total. The Kier molecular flexibility index (Phi) is 7.73. The lowest BCUT2D eigenvalue weighted by Crippen LogP contribution is -2.47. The van der Waals surface area contributed by atoms with Crippen molar-refractivity contribution in [2.45, 2.75) is 46.1 Å². The summed E-state index contributed by atoms with van der Waals surface area (Å²) in [6.45, 7) is 8.26. The van der Waals surface area contributed by atoms with Gasteiger partial charge in [0.2, 0.25) is 11.8 Å². The largest absolute Gasteiger partial charge is 0.496 e. The Hall–Kier alpha value is -1.56. The van der Waals surface area contributed by atoms with Gasteiger partial charge in [0.25, 0.3) is 0 Å². The third kappa shape index (κ3) is 6.91. The van der Waals surface area contributed by atoms with Crippen LogP contribution >= 0.6 is 15.9 Å². The molecule has 0 radical (unpaired) electrons. The molecule has 0 aromatic heterocycles. The van der Waals surface area contributed by atoms with Crippen molar-refractivity contribution < 1.29 is 14.3 Å². The number of aryl methyl sites for hydroxylation is 1. The van der Waals surface area contributed by atoms with E-state index in [-0.39, 0.29) is 23.9 Å². The van der Waals surface area contributed by atoms with E-state index < -0.39 is 0 Å². The number of nitrogens with one attached hydrogen (secondary N) is 1. The molecule has 0 aliphatic carbocycles. The molecule has 0 unspecified atom stereocenters. The molecule has 0 bridgehead atoms. The lowest BCUT2D eigenvalue weighted by molar-refractivity contribution is -0.136. The fourth-order valence-electron chi connectivity index (χ4n) is 2.28. The minimum Gasteiger partial charge on any atom is -0.496 e. The van der Waals surface area contributed by atoms with Crippen LogP contribution in [0.2, 0.25) is 0 Å². The van der Waals surface area contributed by atoms with E-state index in [9.17, 15) is 9.59 Å². The molecule has 0 saturated carbocycles. The van der Waals surface area contributed by atoms with Crippen LogP contribution in [0.25, 0.3) is 0 Å². The molecule has 0 saturated heterocycles. The number of nitrogens with zero attached hydrogens (tertiary/aromatic N) is 1. The Morgan fingerprint density at radius 2 is 1.96 bits per heavy atom. The summed E-state index contributed by atoms with van der Waals surface area (Å²) >= 11 is 3.44. The number of likely N-dealkylation sites (N-methyl/N-ethyl adjacent to an activating group) is 1. The van der Waals surface area contributed by atoms with Crippen LogP contribution in [0.1, 0.15) is 39.7 Å². The SMILES string of the molecule is CCN(CC(=O)NC(C)(C)C)C(=O)CCc1ccc(OC)c(Br)c1. The average molecular weight is 399 g/mol. The first-order valence-corrected chi connectivity index (χ1v) is 8.86. The number of hydrogen-bond donors (Lipinski definition) is 1. The first kappa shape index (κ1) is 20.5. The van der Waals surface area contributed by atoms with E-state index in [4.69, 9.17) is 4.74 Å². The van der Waals surface area contributed by atoms with Crippen LogP contribution in [0.3, 0.4) is 0 Å². The molecule has 6 heteroatoms. The van der Waals surface area contributed by atoms with Gasteiger partial charge in [0.05, 0.1) is 18.1 Å². The zero-order valence-electron chi connectivity index (χ0n) is 15.1. The minimum atomic E-state index is -0.297. The molecule has 0 heterocycles. The van der Waals surface area contributed by atoms with E-state index in [0.29, 0.717) is 19.4 Å². The van der Waals surface area contributed by atoms with Crippen molar-refractivity contribution in [3.8, 4) is 5.75 Å². The van der Waals surface area contributed by atoms with E-state index in [1.807, 2.05) is 45.9 Å².